The molecule has 5 nitrogen and oxygen atoms in total. The fraction of sp³-hybridized carbons (Fsp3) is 0.333. The molecule has 0 saturated heterocycles. The second-order valence-corrected chi connectivity index (χ2v) is 7.22. The number of esters is 1. The Hall–Kier alpha value is -2.53. The molecule has 0 amide bonds. The number of hydrogen-bond donors (Lipinski definition) is 0. The van der Waals surface area contributed by atoms with Crippen LogP contribution in [0.1, 0.15) is 45.4 Å². The molecule has 142 valence electrons. The summed E-state index contributed by atoms with van der Waals surface area (Å²) in [6, 6.07) is 9.20. The van der Waals surface area contributed by atoms with Crippen molar-refractivity contribution in [1.29, 1.82) is 0 Å². The summed E-state index contributed by atoms with van der Waals surface area (Å²) in [5, 5.41) is 0.645. The van der Waals surface area contributed by atoms with Gasteiger partial charge in [0.05, 0.1) is 12.3 Å². The van der Waals surface area contributed by atoms with Crippen molar-refractivity contribution in [1.82, 2.24) is 9.47 Å². The average Bonchev–Trinajstić information content (AvgIpc) is 2.98. The Balaban J connectivity index is 2.08. The number of ketones is 1. The van der Waals surface area contributed by atoms with Gasteiger partial charge in [-0.25, -0.2) is 4.79 Å². The number of hydrogen-bond acceptors (Lipinski definition) is 4. The van der Waals surface area contributed by atoms with Gasteiger partial charge in [0.25, 0.3) is 0 Å². The molecule has 0 aliphatic heterocycles. The number of benzene rings is 1. The molecule has 27 heavy (non-hydrogen) atoms. The molecule has 2 aromatic rings. The van der Waals surface area contributed by atoms with E-state index < -0.39 is 5.97 Å². The highest BCUT2D eigenvalue weighted by atomic mass is 35.5. The Kier molecular flexibility index (Phi) is 5.71. The average molecular weight is 387 g/mol. The zero-order valence-electron chi connectivity index (χ0n) is 15.8. The first-order valence-electron chi connectivity index (χ1n) is 8.96. The van der Waals surface area contributed by atoms with Gasteiger partial charge in [-0.2, -0.15) is 0 Å². The van der Waals surface area contributed by atoms with Crippen molar-refractivity contribution in [2.75, 3.05) is 20.7 Å². The molecule has 1 aliphatic rings. The predicted octanol–water partition coefficient (Wildman–Crippen LogP) is 3.94. The van der Waals surface area contributed by atoms with E-state index in [0.29, 0.717) is 29.4 Å². The lowest BCUT2D eigenvalue weighted by molar-refractivity contribution is 0.0514. The fourth-order valence-electron chi connectivity index (χ4n) is 3.34. The van der Waals surface area contributed by atoms with Crippen LogP contribution in [0, 0.1) is 0 Å². The Morgan fingerprint density at radius 2 is 1.96 bits per heavy atom. The molecule has 1 aromatic heterocycles. The van der Waals surface area contributed by atoms with E-state index in [9.17, 15) is 9.59 Å². The molecule has 0 bridgehead atoms. The van der Waals surface area contributed by atoms with Gasteiger partial charge in [-0.3, -0.25) is 4.79 Å². The van der Waals surface area contributed by atoms with Crippen molar-refractivity contribution >= 4 is 23.4 Å². The van der Waals surface area contributed by atoms with Gasteiger partial charge in [0.2, 0.25) is 5.78 Å². The zero-order valence-corrected chi connectivity index (χ0v) is 16.5. The normalized spacial score (nSPS) is 15.0. The number of carbonyl (C=O) groups excluding carboxylic acids is 2. The first-order valence-corrected chi connectivity index (χ1v) is 9.34. The van der Waals surface area contributed by atoms with Gasteiger partial charge in [0.15, 0.2) is 0 Å². The van der Waals surface area contributed by atoms with Crippen LogP contribution in [0.25, 0.3) is 0 Å². The first-order chi connectivity index (χ1) is 12.9. The summed E-state index contributed by atoms with van der Waals surface area (Å²) >= 11 is 5.98. The van der Waals surface area contributed by atoms with Gasteiger partial charge in [0.1, 0.15) is 5.69 Å². The van der Waals surface area contributed by atoms with Crippen molar-refractivity contribution in [2.24, 2.45) is 0 Å². The quantitative estimate of drug-likeness (QED) is 0.577. The minimum absolute atomic E-state index is 0.0329. The summed E-state index contributed by atoms with van der Waals surface area (Å²) in [5.74, 6) is -0.443. The Bertz CT molecular complexity index is 895. The molecule has 0 N–H and O–H groups in total. The molecular formula is C21H23ClN2O3. The lowest BCUT2D eigenvalue weighted by atomic mass is 9.92. The Morgan fingerprint density at radius 1 is 1.26 bits per heavy atom. The number of carbonyl (C=O) groups is 2. The largest absolute Gasteiger partial charge is 0.461 e. The molecule has 6 heteroatoms. The van der Waals surface area contributed by atoms with Crippen LogP contribution in [0.15, 0.2) is 42.1 Å². The van der Waals surface area contributed by atoms with Gasteiger partial charge in [-0.15, -0.1) is 0 Å². The summed E-state index contributed by atoms with van der Waals surface area (Å²) in [7, 11) is 3.79. The van der Waals surface area contributed by atoms with E-state index in [4.69, 9.17) is 16.3 Å². The third kappa shape index (κ3) is 4.08. The van der Waals surface area contributed by atoms with Crippen molar-refractivity contribution in [2.45, 2.75) is 26.3 Å². The number of aromatic nitrogens is 1. The summed E-state index contributed by atoms with van der Waals surface area (Å²) in [6.45, 7) is 2.46. The van der Waals surface area contributed by atoms with Crippen LogP contribution in [0.2, 0.25) is 5.02 Å². The fourth-order valence-corrected chi connectivity index (χ4v) is 3.47. The van der Waals surface area contributed by atoms with Crippen molar-refractivity contribution in [3.05, 3.63) is 69.6 Å². The monoisotopic (exact) mass is 386 g/mol. The minimum Gasteiger partial charge on any atom is -0.461 e. The van der Waals surface area contributed by atoms with E-state index in [2.05, 4.69) is 0 Å². The van der Waals surface area contributed by atoms with Gasteiger partial charge in [0, 0.05) is 37.4 Å². The van der Waals surface area contributed by atoms with E-state index in [0.717, 1.165) is 23.1 Å². The molecule has 0 unspecified atom stereocenters. The van der Waals surface area contributed by atoms with E-state index in [1.54, 1.807) is 29.7 Å². The summed E-state index contributed by atoms with van der Waals surface area (Å²) < 4.78 is 6.99. The molecule has 1 heterocycles. The van der Waals surface area contributed by atoms with Gasteiger partial charge >= 0.3 is 5.97 Å². The lowest BCUT2D eigenvalue weighted by Gasteiger charge is -2.19. The second kappa shape index (κ2) is 8.01. The standard InChI is InChI=1S/C21H23ClN2O3/c1-4-27-21(26)18-11-15-7-8-16(13-23(2)3)20(25)19(15)24(18)12-14-5-9-17(22)10-6-14/h5-6,9-11,13H,4,7-8,12H2,1-3H3. The number of aryl methyl sites for hydroxylation is 1. The molecule has 0 fully saturated rings. The third-order valence-electron chi connectivity index (χ3n) is 4.50. The third-order valence-corrected chi connectivity index (χ3v) is 4.75. The van der Waals surface area contributed by atoms with Crippen LogP contribution >= 0.6 is 11.6 Å². The van der Waals surface area contributed by atoms with Crippen molar-refractivity contribution in [3.8, 4) is 0 Å². The van der Waals surface area contributed by atoms with E-state index in [-0.39, 0.29) is 12.4 Å². The second-order valence-electron chi connectivity index (χ2n) is 6.78. The minimum atomic E-state index is -0.410. The number of nitrogens with zero attached hydrogens (tertiary/aromatic N) is 2. The summed E-state index contributed by atoms with van der Waals surface area (Å²) in [6.07, 6.45) is 3.24. The highest BCUT2D eigenvalue weighted by Crippen LogP contribution is 2.30. The van der Waals surface area contributed by atoms with Crippen molar-refractivity contribution < 1.29 is 14.3 Å². The van der Waals surface area contributed by atoms with E-state index in [1.807, 2.05) is 37.3 Å². The first kappa shape index (κ1) is 19.2. The molecule has 0 spiro atoms. The number of rotatable bonds is 5. The number of allylic oxidation sites excluding steroid dienone is 1. The maximum atomic E-state index is 13.1. The van der Waals surface area contributed by atoms with Crippen LogP contribution in [-0.2, 0) is 17.7 Å². The molecule has 1 aromatic carbocycles. The molecule has 0 radical (unpaired) electrons. The predicted molar refractivity (Wildman–Crippen MR) is 105 cm³/mol. The van der Waals surface area contributed by atoms with Crippen molar-refractivity contribution in [3.63, 3.8) is 0 Å². The Labute approximate surface area is 164 Å². The van der Waals surface area contributed by atoms with Crippen LogP contribution in [0.5, 0.6) is 0 Å². The lowest BCUT2D eigenvalue weighted by Crippen LogP contribution is -2.22. The number of halogens is 1. The number of ether oxygens (including phenoxy) is 1. The highest BCUT2D eigenvalue weighted by molar-refractivity contribution is 6.30. The molecule has 3 rings (SSSR count). The molecule has 0 atom stereocenters. The smallest absolute Gasteiger partial charge is 0.354 e. The topological polar surface area (TPSA) is 51.5 Å². The van der Waals surface area contributed by atoms with Gasteiger partial charge < -0.3 is 14.2 Å². The number of Topliss-reactive ketones (excluding diaryl/α,β-unsaturated/α-hetero) is 1. The Morgan fingerprint density at radius 3 is 2.59 bits per heavy atom. The van der Waals surface area contributed by atoms with Gasteiger partial charge in [-0.1, -0.05) is 23.7 Å². The summed E-state index contributed by atoms with van der Waals surface area (Å²) in [5.41, 5.74) is 3.59. The SMILES string of the molecule is CCOC(=O)c1cc2c(n1Cc1ccc(Cl)cc1)C(=O)C(=CN(C)C)CC2. The van der Waals surface area contributed by atoms with Crippen LogP contribution in [0.4, 0.5) is 0 Å². The highest BCUT2D eigenvalue weighted by Gasteiger charge is 2.30. The summed E-state index contributed by atoms with van der Waals surface area (Å²) in [4.78, 5) is 27.5. The van der Waals surface area contributed by atoms with E-state index >= 15 is 0 Å². The number of fused-ring (bicyclic) bond motifs is 1. The van der Waals surface area contributed by atoms with Gasteiger partial charge in [-0.05, 0) is 49.1 Å². The molecular weight excluding hydrogens is 364 g/mol. The molecule has 0 saturated carbocycles. The van der Waals surface area contributed by atoms with E-state index in [1.165, 1.54) is 0 Å². The van der Waals surface area contributed by atoms with Crippen LogP contribution < -0.4 is 0 Å². The zero-order chi connectivity index (χ0) is 19.6. The van der Waals surface area contributed by atoms with Crippen LogP contribution in [-0.4, -0.2) is 41.9 Å². The molecule has 1 aliphatic carbocycles. The maximum absolute atomic E-state index is 13.1. The van der Waals surface area contributed by atoms with Crippen LogP contribution in [0.3, 0.4) is 0 Å². The maximum Gasteiger partial charge on any atom is 0.354 e.